The Morgan fingerprint density at radius 1 is 1.10 bits per heavy atom. The van der Waals surface area contributed by atoms with Crippen LogP contribution in [0.2, 0.25) is 0 Å². The highest BCUT2D eigenvalue weighted by atomic mass is 32.1. The number of hydrogen-bond acceptors (Lipinski definition) is 5. The average molecular weight is 299 g/mol. The molecule has 0 bridgehead atoms. The van der Waals surface area contributed by atoms with Gasteiger partial charge in [0.1, 0.15) is 10.0 Å². The quantitative estimate of drug-likeness (QED) is 0.711. The van der Waals surface area contributed by atoms with E-state index in [0.29, 0.717) is 6.61 Å². The van der Waals surface area contributed by atoms with Gasteiger partial charge < -0.3 is 10.1 Å². The van der Waals surface area contributed by atoms with Crippen LogP contribution < -0.4 is 5.32 Å². The van der Waals surface area contributed by atoms with Gasteiger partial charge >= 0.3 is 0 Å². The number of ether oxygens (including phenoxy) is 1. The fourth-order valence-electron chi connectivity index (χ4n) is 2.13. The van der Waals surface area contributed by atoms with Crippen LogP contribution in [-0.2, 0) is 11.3 Å². The second-order valence-electron chi connectivity index (χ2n) is 4.73. The Balaban J connectivity index is 1.75. The molecular weight excluding hydrogens is 282 g/mol. The molecule has 0 aliphatic rings. The minimum Gasteiger partial charge on any atom is -0.383 e. The van der Waals surface area contributed by atoms with E-state index in [9.17, 15) is 0 Å². The molecule has 0 amide bonds. The predicted molar refractivity (Wildman–Crippen MR) is 86.4 cm³/mol. The number of rotatable bonds is 6. The lowest BCUT2D eigenvalue weighted by molar-refractivity contribution is 0.199. The van der Waals surface area contributed by atoms with Gasteiger partial charge in [-0.15, -0.1) is 10.2 Å². The minimum atomic E-state index is 0.705. The van der Waals surface area contributed by atoms with Crippen LogP contribution in [0.3, 0.4) is 0 Å². The molecule has 0 spiro atoms. The molecule has 3 aromatic rings. The fraction of sp³-hybridized carbons (Fsp3) is 0.250. The Morgan fingerprint density at radius 2 is 1.95 bits per heavy atom. The van der Waals surface area contributed by atoms with E-state index < -0.39 is 0 Å². The normalized spacial score (nSPS) is 11.1. The molecule has 0 unspecified atom stereocenters. The largest absolute Gasteiger partial charge is 0.383 e. The van der Waals surface area contributed by atoms with Gasteiger partial charge in [0.25, 0.3) is 0 Å². The van der Waals surface area contributed by atoms with Crippen molar-refractivity contribution >= 4 is 22.1 Å². The van der Waals surface area contributed by atoms with Gasteiger partial charge in [-0.05, 0) is 16.8 Å². The van der Waals surface area contributed by atoms with Gasteiger partial charge in [-0.3, -0.25) is 0 Å². The summed E-state index contributed by atoms with van der Waals surface area (Å²) in [6.45, 7) is 2.26. The van der Waals surface area contributed by atoms with Crippen molar-refractivity contribution in [1.82, 2.24) is 15.5 Å². The monoisotopic (exact) mass is 299 g/mol. The summed E-state index contributed by atoms with van der Waals surface area (Å²) in [7, 11) is 1.70. The second kappa shape index (κ2) is 6.76. The first-order chi connectivity index (χ1) is 10.4. The van der Waals surface area contributed by atoms with Gasteiger partial charge in [-0.25, -0.2) is 0 Å². The molecule has 0 radical (unpaired) electrons. The maximum absolute atomic E-state index is 5.00. The molecule has 1 N–H and O–H groups in total. The van der Waals surface area contributed by atoms with Crippen LogP contribution in [-0.4, -0.2) is 30.5 Å². The lowest BCUT2D eigenvalue weighted by atomic mass is 10.1. The second-order valence-corrected chi connectivity index (χ2v) is 5.79. The standard InChI is InChI=1S/C16H17N3OS/c1-20-9-8-17-11-15-18-19-16(21-15)14-7-6-12-4-2-3-5-13(12)10-14/h2-7,10,17H,8-9,11H2,1H3. The van der Waals surface area contributed by atoms with Crippen LogP contribution in [0, 0.1) is 0 Å². The van der Waals surface area contributed by atoms with E-state index in [0.717, 1.165) is 28.7 Å². The van der Waals surface area contributed by atoms with Crippen LogP contribution in [0.15, 0.2) is 42.5 Å². The summed E-state index contributed by atoms with van der Waals surface area (Å²) >= 11 is 1.63. The zero-order valence-electron chi connectivity index (χ0n) is 11.9. The van der Waals surface area contributed by atoms with Crippen molar-refractivity contribution in [2.24, 2.45) is 0 Å². The van der Waals surface area contributed by atoms with Crippen LogP contribution in [0.4, 0.5) is 0 Å². The first-order valence-corrected chi connectivity index (χ1v) is 7.69. The van der Waals surface area contributed by atoms with E-state index in [1.807, 2.05) is 0 Å². The molecule has 108 valence electrons. The molecule has 1 aromatic heterocycles. The minimum absolute atomic E-state index is 0.705. The molecule has 1 heterocycles. The Bertz CT molecular complexity index is 726. The van der Waals surface area contributed by atoms with E-state index in [2.05, 4.69) is 58.0 Å². The summed E-state index contributed by atoms with van der Waals surface area (Å²) in [5, 5.41) is 16.2. The van der Waals surface area contributed by atoms with Crippen LogP contribution in [0.25, 0.3) is 21.3 Å². The van der Waals surface area contributed by atoms with Crippen molar-refractivity contribution in [3.8, 4) is 10.6 Å². The molecule has 0 saturated heterocycles. The van der Waals surface area contributed by atoms with Crippen molar-refractivity contribution in [2.75, 3.05) is 20.3 Å². The molecule has 3 rings (SSSR count). The summed E-state index contributed by atoms with van der Waals surface area (Å²) in [5.74, 6) is 0. The summed E-state index contributed by atoms with van der Waals surface area (Å²) in [5.41, 5.74) is 1.12. The summed E-state index contributed by atoms with van der Waals surface area (Å²) < 4.78 is 5.00. The molecule has 0 aliphatic carbocycles. The van der Waals surface area contributed by atoms with Gasteiger partial charge in [0.05, 0.1) is 6.61 Å². The third-order valence-corrected chi connectivity index (χ3v) is 4.19. The number of nitrogens with one attached hydrogen (secondary N) is 1. The molecule has 0 fully saturated rings. The smallest absolute Gasteiger partial charge is 0.147 e. The molecule has 4 nitrogen and oxygen atoms in total. The van der Waals surface area contributed by atoms with Crippen LogP contribution in [0.5, 0.6) is 0 Å². The number of aromatic nitrogens is 2. The van der Waals surface area contributed by atoms with Gasteiger partial charge in [0.15, 0.2) is 0 Å². The topological polar surface area (TPSA) is 47.0 Å². The van der Waals surface area contributed by atoms with E-state index in [-0.39, 0.29) is 0 Å². The maximum Gasteiger partial charge on any atom is 0.147 e. The van der Waals surface area contributed by atoms with Gasteiger partial charge in [0, 0.05) is 25.8 Å². The Morgan fingerprint density at radius 3 is 2.81 bits per heavy atom. The van der Waals surface area contributed by atoms with Gasteiger partial charge in [-0.2, -0.15) is 0 Å². The third-order valence-electron chi connectivity index (χ3n) is 3.22. The summed E-state index contributed by atoms with van der Waals surface area (Å²) in [4.78, 5) is 0. The van der Waals surface area contributed by atoms with Crippen LogP contribution in [0.1, 0.15) is 5.01 Å². The van der Waals surface area contributed by atoms with Crippen LogP contribution >= 0.6 is 11.3 Å². The molecule has 21 heavy (non-hydrogen) atoms. The highest BCUT2D eigenvalue weighted by Gasteiger charge is 2.07. The first kappa shape index (κ1) is 14.1. The number of methoxy groups -OCH3 is 1. The van der Waals surface area contributed by atoms with E-state index >= 15 is 0 Å². The van der Waals surface area contributed by atoms with E-state index in [4.69, 9.17) is 4.74 Å². The molecule has 0 saturated carbocycles. The number of hydrogen-bond donors (Lipinski definition) is 1. The van der Waals surface area contributed by atoms with Gasteiger partial charge in [-0.1, -0.05) is 47.7 Å². The van der Waals surface area contributed by atoms with Gasteiger partial charge in [0.2, 0.25) is 0 Å². The fourth-order valence-corrected chi connectivity index (χ4v) is 2.94. The molecule has 0 atom stereocenters. The Labute approximate surface area is 127 Å². The average Bonchev–Trinajstić information content (AvgIpc) is 3.00. The Hall–Kier alpha value is -1.82. The summed E-state index contributed by atoms with van der Waals surface area (Å²) in [6.07, 6.45) is 0. The molecular formula is C16H17N3OS. The van der Waals surface area contributed by atoms with E-state index in [1.54, 1.807) is 18.4 Å². The van der Waals surface area contributed by atoms with Crippen molar-refractivity contribution in [3.63, 3.8) is 0 Å². The number of benzene rings is 2. The maximum atomic E-state index is 5.00. The first-order valence-electron chi connectivity index (χ1n) is 6.88. The molecule has 0 aliphatic heterocycles. The van der Waals surface area contributed by atoms with Crippen molar-refractivity contribution in [2.45, 2.75) is 6.54 Å². The molecule has 5 heteroatoms. The number of nitrogens with zero attached hydrogens (tertiary/aromatic N) is 2. The van der Waals surface area contributed by atoms with Crippen molar-refractivity contribution in [3.05, 3.63) is 47.5 Å². The van der Waals surface area contributed by atoms with E-state index in [1.165, 1.54) is 10.8 Å². The highest BCUT2D eigenvalue weighted by molar-refractivity contribution is 7.14. The lowest BCUT2D eigenvalue weighted by Crippen LogP contribution is -2.18. The zero-order chi connectivity index (χ0) is 14.5. The predicted octanol–water partition coefficient (Wildman–Crippen LogP) is 3.09. The third kappa shape index (κ3) is 3.44. The lowest BCUT2D eigenvalue weighted by Gasteiger charge is -2.00. The zero-order valence-corrected chi connectivity index (χ0v) is 12.7. The summed E-state index contributed by atoms with van der Waals surface area (Å²) in [6, 6.07) is 14.7. The van der Waals surface area contributed by atoms with Crippen molar-refractivity contribution in [1.29, 1.82) is 0 Å². The Kier molecular flexibility index (Phi) is 4.55. The SMILES string of the molecule is COCCNCc1nnc(-c2ccc3ccccc3c2)s1. The highest BCUT2D eigenvalue weighted by Crippen LogP contribution is 2.26. The number of fused-ring (bicyclic) bond motifs is 1. The molecule has 2 aromatic carbocycles. The van der Waals surface area contributed by atoms with Crippen molar-refractivity contribution < 1.29 is 4.74 Å².